The van der Waals surface area contributed by atoms with Crippen molar-refractivity contribution in [2.24, 2.45) is 0 Å². The summed E-state index contributed by atoms with van der Waals surface area (Å²) in [6.45, 7) is 6.45. The minimum atomic E-state index is -0.641. The zero-order chi connectivity index (χ0) is 11.7. The number of carbonyl (C=O) groups excluding carboxylic acids is 1. The van der Waals surface area contributed by atoms with E-state index in [0.717, 1.165) is 12.8 Å². The van der Waals surface area contributed by atoms with Gasteiger partial charge >= 0.3 is 0 Å². The third kappa shape index (κ3) is 2.45. The van der Waals surface area contributed by atoms with E-state index in [-0.39, 0.29) is 11.4 Å². The smallest absolute Gasteiger partial charge is 0.254 e. The number of hydrogen-bond acceptors (Lipinski definition) is 2. The van der Waals surface area contributed by atoms with Crippen LogP contribution in [0.2, 0.25) is 0 Å². The normalized spacial score (nSPS) is 26.7. The van der Waals surface area contributed by atoms with Gasteiger partial charge in [0.25, 0.3) is 5.91 Å². The van der Waals surface area contributed by atoms with Crippen LogP contribution in [0.1, 0.15) is 33.6 Å². The molecule has 4 heteroatoms. The molecule has 88 valence electrons. The van der Waals surface area contributed by atoms with Gasteiger partial charge in [0.05, 0.1) is 5.54 Å². The summed E-state index contributed by atoms with van der Waals surface area (Å²) in [4.78, 5) is 13.9. The molecule has 0 spiro atoms. The molecule has 1 atom stereocenters. The first kappa shape index (κ1) is 12.8. The highest BCUT2D eigenvalue weighted by molar-refractivity contribution is 6.18. The van der Waals surface area contributed by atoms with Crippen LogP contribution < -0.4 is 0 Å². The van der Waals surface area contributed by atoms with E-state index in [1.807, 2.05) is 20.8 Å². The van der Waals surface area contributed by atoms with Crippen LogP contribution in [-0.2, 0) is 9.53 Å². The number of halogens is 1. The molecule has 0 saturated carbocycles. The van der Waals surface area contributed by atoms with Gasteiger partial charge in [-0.05, 0) is 33.6 Å². The molecule has 0 aromatic heterocycles. The molecule has 1 aliphatic rings. The van der Waals surface area contributed by atoms with E-state index >= 15 is 0 Å². The quantitative estimate of drug-likeness (QED) is 0.699. The van der Waals surface area contributed by atoms with Gasteiger partial charge < -0.3 is 9.64 Å². The molecule has 0 aliphatic carbocycles. The molecule has 1 amide bonds. The molecular formula is C11H20ClNO2. The lowest BCUT2D eigenvalue weighted by Gasteiger charge is -2.38. The topological polar surface area (TPSA) is 29.5 Å². The van der Waals surface area contributed by atoms with Crippen molar-refractivity contribution in [3.63, 3.8) is 0 Å². The number of nitrogens with zero attached hydrogens (tertiary/aromatic N) is 1. The first-order valence-corrected chi connectivity index (χ1v) is 5.85. The van der Waals surface area contributed by atoms with Crippen molar-refractivity contribution in [1.29, 1.82) is 0 Å². The van der Waals surface area contributed by atoms with Gasteiger partial charge in [0.1, 0.15) is 5.60 Å². The first-order chi connectivity index (χ1) is 6.83. The number of alkyl halides is 1. The molecule has 1 rings (SSSR count). The summed E-state index contributed by atoms with van der Waals surface area (Å²) in [6.07, 6.45) is 1.76. The number of amides is 1. The second kappa shape index (κ2) is 4.30. The molecular weight excluding hydrogens is 214 g/mol. The van der Waals surface area contributed by atoms with E-state index in [0.29, 0.717) is 12.5 Å². The van der Waals surface area contributed by atoms with Gasteiger partial charge in [-0.2, -0.15) is 0 Å². The Balaban J connectivity index is 2.76. The van der Waals surface area contributed by atoms with Crippen LogP contribution in [0, 0.1) is 0 Å². The SMILES string of the molecule is CN(C(=O)C1(C)CCCO1)C(C)(C)CCl. The third-order valence-corrected chi connectivity index (χ3v) is 3.86. The lowest BCUT2D eigenvalue weighted by atomic mass is 9.97. The maximum atomic E-state index is 12.2. The molecule has 1 aliphatic heterocycles. The number of rotatable bonds is 3. The van der Waals surface area contributed by atoms with Crippen LogP contribution in [0.3, 0.4) is 0 Å². The molecule has 1 unspecified atom stereocenters. The van der Waals surface area contributed by atoms with E-state index < -0.39 is 5.60 Å². The second-order valence-corrected chi connectivity index (χ2v) is 5.26. The maximum absolute atomic E-state index is 12.2. The predicted molar refractivity (Wildman–Crippen MR) is 61.2 cm³/mol. The summed E-state index contributed by atoms with van der Waals surface area (Å²) in [6, 6.07) is 0. The summed E-state index contributed by atoms with van der Waals surface area (Å²) in [7, 11) is 1.79. The summed E-state index contributed by atoms with van der Waals surface area (Å²) in [5.41, 5.74) is -0.967. The molecule has 1 heterocycles. The monoisotopic (exact) mass is 233 g/mol. The fourth-order valence-electron chi connectivity index (χ4n) is 1.67. The van der Waals surface area contributed by atoms with Crippen molar-refractivity contribution < 1.29 is 9.53 Å². The minimum absolute atomic E-state index is 0.0330. The van der Waals surface area contributed by atoms with Gasteiger partial charge in [-0.3, -0.25) is 4.79 Å². The average Bonchev–Trinajstić information content (AvgIpc) is 2.64. The lowest BCUT2D eigenvalue weighted by molar-refractivity contribution is -0.153. The highest BCUT2D eigenvalue weighted by Gasteiger charge is 2.42. The highest BCUT2D eigenvalue weighted by Crippen LogP contribution is 2.29. The van der Waals surface area contributed by atoms with Crippen LogP contribution in [0.15, 0.2) is 0 Å². The minimum Gasteiger partial charge on any atom is -0.365 e. The Hall–Kier alpha value is -0.280. The predicted octanol–water partition coefficient (Wildman–Crippen LogP) is 2.03. The number of ether oxygens (including phenoxy) is 1. The molecule has 0 radical (unpaired) electrons. The van der Waals surface area contributed by atoms with Crippen LogP contribution in [0.5, 0.6) is 0 Å². The van der Waals surface area contributed by atoms with Gasteiger partial charge in [-0.25, -0.2) is 0 Å². The van der Waals surface area contributed by atoms with E-state index in [2.05, 4.69) is 0 Å². The molecule has 0 aromatic rings. The molecule has 0 aromatic carbocycles. The van der Waals surface area contributed by atoms with Gasteiger partial charge in [0.15, 0.2) is 0 Å². The zero-order valence-electron chi connectivity index (χ0n) is 9.97. The van der Waals surface area contributed by atoms with Gasteiger partial charge in [0.2, 0.25) is 0 Å². The van der Waals surface area contributed by atoms with Gasteiger partial charge in [-0.1, -0.05) is 0 Å². The third-order valence-electron chi connectivity index (χ3n) is 3.21. The maximum Gasteiger partial charge on any atom is 0.254 e. The van der Waals surface area contributed by atoms with Gasteiger partial charge in [-0.15, -0.1) is 11.6 Å². The zero-order valence-corrected chi connectivity index (χ0v) is 10.7. The van der Waals surface area contributed by atoms with E-state index in [1.165, 1.54) is 0 Å². The standard InChI is InChI=1S/C11H20ClNO2/c1-10(2,8-12)13(4)9(14)11(3)6-5-7-15-11/h5-8H2,1-4H3. The number of hydrogen-bond donors (Lipinski definition) is 0. The lowest BCUT2D eigenvalue weighted by Crippen LogP contribution is -2.54. The first-order valence-electron chi connectivity index (χ1n) is 5.32. The van der Waals surface area contributed by atoms with Crippen LogP contribution >= 0.6 is 11.6 Å². The summed E-state index contributed by atoms with van der Waals surface area (Å²) in [5, 5.41) is 0. The summed E-state index contributed by atoms with van der Waals surface area (Å²) in [5.74, 6) is 0.455. The van der Waals surface area contributed by atoms with Gasteiger partial charge in [0, 0.05) is 19.5 Å². The molecule has 0 bridgehead atoms. The largest absolute Gasteiger partial charge is 0.365 e. The van der Waals surface area contributed by atoms with Crippen molar-refractivity contribution in [2.75, 3.05) is 19.5 Å². The number of carbonyl (C=O) groups is 1. The van der Waals surface area contributed by atoms with Crippen molar-refractivity contribution in [2.45, 2.75) is 44.8 Å². The van der Waals surface area contributed by atoms with Crippen LogP contribution in [-0.4, -0.2) is 41.5 Å². The Morgan fingerprint density at radius 2 is 2.20 bits per heavy atom. The highest BCUT2D eigenvalue weighted by atomic mass is 35.5. The van der Waals surface area contributed by atoms with E-state index in [4.69, 9.17) is 16.3 Å². The molecule has 0 N–H and O–H groups in total. The van der Waals surface area contributed by atoms with Crippen molar-refractivity contribution in [3.8, 4) is 0 Å². The van der Waals surface area contributed by atoms with E-state index in [1.54, 1.807) is 11.9 Å². The Kier molecular flexibility index (Phi) is 3.67. The Morgan fingerprint density at radius 3 is 2.60 bits per heavy atom. The molecule has 3 nitrogen and oxygen atoms in total. The number of likely N-dealkylation sites (N-methyl/N-ethyl adjacent to an activating group) is 1. The second-order valence-electron chi connectivity index (χ2n) is 4.99. The van der Waals surface area contributed by atoms with Crippen LogP contribution in [0.4, 0.5) is 0 Å². The van der Waals surface area contributed by atoms with Crippen molar-refractivity contribution >= 4 is 17.5 Å². The average molecular weight is 234 g/mol. The fourth-order valence-corrected chi connectivity index (χ4v) is 1.85. The summed E-state index contributed by atoms with van der Waals surface area (Å²) < 4.78 is 5.53. The van der Waals surface area contributed by atoms with Crippen molar-refractivity contribution in [3.05, 3.63) is 0 Å². The Labute approximate surface area is 96.7 Å². The van der Waals surface area contributed by atoms with E-state index in [9.17, 15) is 4.79 Å². The van der Waals surface area contributed by atoms with Crippen LogP contribution in [0.25, 0.3) is 0 Å². The molecule has 15 heavy (non-hydrogen) atoms. The molecule has 1 fully saturated rings. The summed E-state index contributed by atoms with van der Waals surface area (Å²) >= 11 is 5.85. The Morgan fingerprint density at radius 1 is 1.60 bits per heavy atom. The molecule has 1 saturated heterocycles. The van der Waals surface area contributed by atoms with Crippen molar-refractivity contribution in [1.82, 2.24) is 4.90 Å². The Bertz CT molecular complexity index is 247. The fraction of sp³-hybridized carbons (Fsp3) is 0.909.